The van der Waals surface area contributed by atoms with Gasteiger partial charge in [-0.05, 0) is 58.2 Å². The molecular formula is C28H35N7O5S. The van der Waals surface area contributed by atoms with Crippen molar-refractivity contribution in [1.29, 1.82) is 0 Å². The van der Waals surface area contributed by atoms with Gasteiger partial charge in [0.15, 0.2) is 11.7 Å². The van der Waals surface area contributed by atoms with Gasteiger partial charge in [0, 0.05) is 24.2 Å². The Hall–Kier alpha value is -4.36. The zero-order valence-corrected chi connectivity index (χ0v) is 24.8. The van der Waals surface area contributed by atoms with E-state index in [1.807, 2.05) is 26.8 Å². The lowest BCUT2D eigenvalue weighted by Crippen LogP contribution is -2.42. The van der Waals surface area contributed by atoms with Gasteiger partial charge in [-0.25, -0.2) is 18.4 Å². The first-order chi connectivity index (χ1) is 19.6. The molecule has 0 bridgehead atoms. The summed E-state index contributed by atoms with van der Waals surface area (Å²) in [5, 5.41) is 7.35. The number of para-hydroxylation sites is 1. The van der Waals surface area contributed by atoms with Crippen LogP contribution < -0.4 is 14.2 Å². The molecule has 0 saturated carbocycles. The van der Waals surface area contributed by atoms with Gasteiger partial charge in [-0.3, -0.25) is 14.3 Å². The monoisotopic (exact) mass is 581 g/mol. The molecule has 2 aromatic heterocycles. The van der Waals surface area contributed by atoms with E-state index in [0.29, 0.717) is 28.6 Å². The molecule has 0 radical (unpaired) electrons. The number of methoxy groups -OCH3 is 2. The second kappa shape index (κ2) is 13.8. The fourth-order valence-corrected chi connectivity index (χ4v) is 4.95. The Morgan fingerprint density at radius 3 is 2.41 bits per heavy atom. The average molecular weight is 582 g/mol. The van der Waals surface area contributed by atoms with Crippen molar-refractivity contribution >= 4 is 28.5 Å². The molecule has 13 heteroatoms. The highest BCUT2D eigenvalue weighted by Gasteiger charge is 2.36. The third kappa shape index (κ3) is 7.24. The first-order valence-electron chi connectivity index (χ1n) is 12.6. The smallest absolute Gasteiger partial charge is 0.243 e. The van der Waals surface area contributed by atoms with Crippen molar-refractivity contribution in [2.75, 3.05) is 25.5 Å². The Morgan fingerprint density at radius 2 is 1.85 bits per heavy atom. The van der Waals surface area contributed by atoms with Crippen molar-refractivity contribution in [1.82, 2.24) is 19.7 Å². The molecule has 12 nitrogen and oxygen atoms in total. The highest BCUT2D eigenvalue weighted by molar-refractivity contribution is 7.93. The number of aryl methyl sites for hydroxylation is 1. The molecule has 218 valence electrons. The van der Waals surface area contributed by atoms with Gasteiger partial charge in [0.2, 0.25) is 16.0 Å². The average Bonchev–Trinajstić information content (AvgIpc) is 3.35. The van der Waals surface area contributed by atoms with E-state index >= 15 is 0 Å². The molecule has 0 unspecified atom stereocenters. The van der Waals surface area contributed by atoms with Crippen LogP contribution in [0.2, 0.25) is 0 Å². The van der Waals surface area contributed by atoms with Gasteiger partial charge < -0.3 is 14.2 Å². The van der Waals surface area contributed by atoms with Crippen LogP contribution in [-0.2, 0) is 14.8 Å². The molecular weight excluding hydrogens is 546 g/mol. The number of rotatable bonds is 13. The Morgan fingerprint density at radius 1 is 1.17 bits per heavy atom. The van der Waals surface area contributed by atoms with Crippen molar-refractivity contribution < 1.29 is 22.6 Å². The summed E-state index contributed by atoms with van der Waals surface area (Å²) in [7, 11) is -1.20. The van der Waals surface area contributed by atoms with Gasteiger partial charge in [-0.1, -0.05) is 17.7 Å². The number of aliphatic imine (C=N–C) groups is 2. The molecule has 2 heterocycles. The Labute approximate surface area is 240 Å². The molecule has 0 aliphatic heterocycles. The Bertz CT molecular complexity index is 1540. The SMILES string of the molecule is C=CCO[C@H](C(N=C)=NC=C(C)C)[C@H](C)S(=O)(=O)Nc1nnc(-c2cncc(C)c2)n1-c1c(OC)cccc1OC. The minimum atomic E-state index is -4.20. The van der Waals surface area contributed by atoms with E-state index in [-0.39, 0.29) is 18.4 Å². The number of aromatic nitrogens is 4. The minimum absolute atomic E-state index is 0.0625. The molecule has 2 atom stereocenters. The number of pyridine rings is 1. The summed E-state index contributed by atoms with van der Waals surface area (Å²) in [6, 6.07) is 7.05. The molecule has 0 amide bonds. The molecule has 3 aromatic rings. The van der Waals surface area contributed by atoms with E-state index in [1.54, 1.807) is 36.8 Å². The quantitative estimate of drug-likeness (QED) is 0.178. The lowest BCUT2D eigenvalue weighted by Gasteiger charge is -2.24. The van der Waals surface area contributed by atoms with Crippen molar-refractivity contribution in [3.05, 3.63) is 66.7 Å². The van der Waals surface area contributed by atoms with E-state index in [4.69, 9.17) is 14.2 Å². The van der Waals surface area contributed by atoms with E-state index in [0.717, 1.165) is 11.1 Å². The van der Waals surface area contributed by atoms with Crippen LogP contribution in [0.25, 0.3) is 17.1 Å². The van der Waals surface area contributed by atoms with Crippen molar-refractivity contribution in [2.24, 2.45) is 9.98 Å². The summed E-state index contributed by atoms with van der Waals surface area (Å²) in [5.41, 5.74) is 2.76. The van der Waals surface area contributed by atoms with Crippen molar-refractivity contribution in [3.8, 4) is 28.6 Å². The first kappa shape index (κ1) is 31.2. The predicted octanol–water partition coefficient (Wildman–Crippen LogP) is 4.38. The van der Waals surface area contributed by atoms with E-state index in [9.17, 15) is 8.42 Å². The van der Waals surface area contributed by atoms with Crippen LogP contribution in [0.4, 0.5) is 5.95 Å². The molecule has 41 heavy (non-hydrogen) atoms. The van der Waals surface area contributed by atoms with Gasteiger partial charge in [0.05, 0.1) is 20.8 Å². The third-order valence-electron chi connectivity index (χ3n) is 5.84. The summed E-state index contributed by atoms with van der Waals surface area (Å²) < 4.78 is 48.8. The Balaban J connectivity index is 2.20. The summed E-state index contributed by atoms with van der Waals surface area (Å²) in [6.45, 7) is 14.4. The standard InChI is InChI=1S/C28H35N7O5S/c1-9-13-40-25(26(29-6)31-15-18(2)3)20(5)41(36,37)34-28-33-32-27(21-14-19(4)16-30-17-21)35(28)24-22(38-7)11-10-12-23(24)39-8/h9-12,14-17,20,25H,1,6,13H2,2-5,7-8H3,(H,33,34)/t20-,25-/m0/s1. The first-order valence-corrected chi connectivity index (χ1v) is 14.1. The second-order valence-corrected chi connectivity index (χ2v) is 11.2. The van der Waals surface area contributed by atoms with Crippen LogP contribution in [0.1, 0.15) is 26.3 Å². The van der Waals surface area contributed by atoms with E-state index < -0.39 is 21.4 Å². The van der Waals surface area contributed by atoms with Gasteiger partial charge >= 0.3 is 0 Å². The molecule has 0 saturated heterocycles. The molecule has 1 aromatic carbocycles. The third-order valence-corrected chi connectivity index (χ3v) is 7.53. The molecule has 1 N–H and O–H groups in total. The number of amidine groups is 1. The number of hydrogen-bond acceptors (Lipinski definition) is 9. The molecule has 0 aliphatic rings. The highest BCUT2D eigenvalue weighted by atomic mass is 32.2. The van der Waals surface area contributed by atoms with Crippen LogP contribution in [0, 0.1) is 6.92 Å². The summed E-state index contributed by atoms with van der Waals surface area (Å²) in [6.07, 6.45) is 5.31. The fourth-order valence-electron chi connectivity index (χ4n) is 3.85. The predicted molar refractivity (Wildman–Crippen MR) is 161 cm³/mol. The minimum Gasteiger partial charge on any atom is -0.494 e. The van der Waals surface area contributed by atoms with Crippen molar-refractivity contribution in [2.45, 2.75) is 39.0 Å². The van der Waals surface area contributed by atoms with Crippen LogP contribution >= 0.6 is 0 Å². The largest absolute Gasteiger partial charge is 0.494 e. The van der Waals surface area contributed by atoms with Gasteiger partial charge in [-0.2, -0.15) is 0 Å². The van der Waals surface area contributed by atoms with Crippen LogP contribution in [0.15, 0.2) is 71.1 Å². The number of anilines is 1. The highest BCUT2D eigenvalue weighted by Crippen LogP contribution is 2.38. The van der Waals surface area contributed by atoms with E-state index in [2.05, 4.69) is 43.2 Å². The zero-order valence-electron chi connectivity index (χ0n) is 24.0. The number of hydrogen-bond donors (Lipinski definition) is 1. The van der Waals surface area contributed by atoms with Crippen LogP contribution in [-0.4, -0.2) is 72.9 Å². The van der Waals surface area contributed by atoms with Gasteiger partial charge in [-0.15, -0.1) is 16.8 Å². The number of benzene rings is 1. The summed E-state index contributed by atoms with van der Waals surface area (Å²) in [4.78, 5) is 12.5. The number of allylic oxidation sites excluding steroid dienone is 1. The van der Waals surface area contributed by atoms with E-state index in [1.165, 1.54) is 31.8 Å². The molecule has 3 rings (SSSR count). The lowest BCUT2D eigenvalue weighted by atomic mass is 10.2. The number of nitrogens with one attached hydrogen (secondary N) is 1. The number of nitrogens with zero attached hydrogens (tertiary/aromatic N) is 6. The van der Waals surface area contributed by atoms with Crippen LogP contribution in [0.3, 0.4) is 0 Å². The van der Waals surface area contributed by atoms with Crippen LogP contribution in [0.5, 0.6) is 11.5 Å². The maximum atomic E-state index is 13.9. The van der Waals surface area contributed by atoms with Crippen molar-refractivity contribution in [3.63, 3.8) is 0 Å². The zero-order chi connectivity index (χ0) is 30.2. The summed E-state index contributed by atoms with van der Waals surface area (Å²) in [5.74, 6) is 1.11. The van der Waals surface area contributed by atoms with Gasteiger partial charge in [0.1, 0.15) is 28.5 Å². The number of sulfonamides is 1. The second-order valence-electron chi connectivity index (χ2n) is 9.19. The topological polar surface area (TPSA) is 142 Å². The molecule has 0 spiro atoms. The lowest BCUT2D eigenvalue weighted by molar-refractivity contribution is 0.121. The molecule has 0 fully saturated rings. The maximum Gasteiger partial charge on any atom is 0.243 e. The summed E-state index contributed by atoms with van der Waals surface area (Å²) >= 11 is 0. The maximum absolute atomic E-state index is 13.9. The Kier molecular flexibility index (Phi) is 10.5. The molecule has 0 aliphatic carbocycles. The van der Waals surface area contributed by atoms with Gasteiger partial charge in [0.25, 0.3) is 0 Å². The fraction of sp³-hybridized carbons (Fsp3) is 0.321. The normalized spacial score (nSPS) is 13.2. The number of ether oxygens (including phenoxy) is 3.